The van der Waals surface area contributed by atoms with E-state index in [4.69, 9.17) is 0 Å². The second-order valence-corrected chi connectivity index (χ2v) is 5.91. The van der Waals surface area contributed by atoms with Crippen LogP contribution in [0.15, 0.2) is 54.4 Å². The number of halogens is 1. The molecule has 0 saturated heterocycles. The number of benzene rings is 1. The Morgan fingerprint density at radius 3 is 3.00 bits per heavy atom. The van der Waals surface area contributed by atoms with Gasteiger partial charge in [0, 0.05) is 35.1 Å². The minimum Gasteiger partial charge on any atom is -0.384 e. The largest absolute Gasteiger partial charge is 0.384 e. The first kappa shape index (κ1) is 11.0. The Labute approximate surface area is 112 Å². The molecule has 19 heavy (non-hydrogen) atoms. The van der Waals surface area contributed by atoms with Crippen LogP contribution in [0.4, 0.5) is 4.39 Å². The molecule has 1 N–H and O–H groups in total. The Balaban J connectivity index is 2.00. The molecular weight excluding hydrogens is 237 g/mol. The summed E-state index contributed by atoms with van der Waals surface area (Å²) in [7, 11) is 0. The maximum absolute atomic E-state index is 13.7. The van der Waals surface area contributed by atoms with Crippen LogP contribution < -0.4 is 5.32 Å². The fraction of sp³-hybridized carbons (Fsp3) is 0.294. The van der Waals surface area contributed by atoms with Crippen molar-refractivity contribution < 1.29 is 4.39 Å². The van der Waals surface area contributed by atoms with Gasteiger partial charge in [-0.25, -0.2) is 4.39 Å². The average molecular weight is 253 g/mol. The summed E-state index contributed by atoms with van der Waals surface area (Å²) in [6.45, 7) is 3.12. The number of fused-ring (bicyclic) bond motifs is 1. The lowest BCUT2D eigenvalue weighted by molar-refractivity contribution is 0.304. The highest BCUT2D eigenvalue weighted by Crippen LogP contribution is 2.48. The first-order chi connectivity index (χ1) is 9.18. The molecule has 4 aliphatic rings. The highest BCUT2D eigenvalue weighted by molar-refractivity contribution is 5.72. The molecule has 0 saturated carbocycles. The van der Waals surface area contributed by atoms with Crippen molar-refractivity contribution in [2.75, 3.05) is 6.54 Å². The fourth-order valence-corrected chi connectivity index (χ4v) is 3.75. The molecular formula is C17H16FN. The van der Waals surface area contributed by atoms with Crippen LogP contribution in [-0.2, 0) is 5.41 Å². The van der Waals surface area contributed by atoms with Gasteiger partial charge < -0.3 is 5.32 Å². The Morgan fingerprint density at radius 2 is 2.11 bits per heavy atom. The van der Waals surface area contributed by atoms with Gasteiger partial charge in [-0.05, 0) is 17.7 Å². The van der Waals surface area contributed by atoms with Crippen molar-refractivity contribution in [3.63, 3.8) is 0 Å². The van der Waals surface area contributed by atoms with E-state index in [2.05, 4.69) is 42.6 Å². The second kappa shape index (κ2) is 3.60. The molecule has 2 heterocycles. The van der Waals surface area contributed by atoms with E-state index in [-0.39, 0.29) is 23.1 Å². The Bertz CT molecular complexity index is 640. The fourth-order valence-electron chi connectivity index (χ4n) is 3.75. The summed E-state index contributed by atoms with van der Waals surface area (Å²) >= 11 is 0. The number of rotatable bonds is 0. The van der Waals surface area contributed by atoms with E-state index in [1.807, 2.05) is 6.08 Å². The third kappa shape index (κ3) is 1.40. The zero-order chi connectivity index (χ0) is 13.0. The van der Waals surface area contributed by atoms with Crippen LogP contribution >= 0.6 is 0 Å². The van der Waals surface area contributed by atoms with Gasteiger partial charge in [-0.15, -0.1) is 0 Å². The number of hydrogen-bond donors (Lipinski definition) is 1. The van der Waals surface area contributed by atoms with E-state index in [9.17, 15) is 4.39 Å². The lowest BCUT2D eigenvalue weighted by atomic mass is 9.65. The predicted octanol–water partition coefficient (Wildman–Crippen LogP) is 3.56. The van der Waals surface area contributed by atoms with E-state index in [0.29, 0.717) is 0 Å². The van der Waals surface area contributed by atoms with Crippen LogP contribution in [0.3, 0.4) is 0 Å². The van der Waals surface area contributed by atoms with Crippen molar-refractivity contribution in [1.82, 2.24) is 5.32 Å². The van der Waals surface area contributed by atoms with Crippen molar-refractivity contribution >= 4 is 5.70 Å². The molecule has 96 valence electrons. The molecule has 1 aromatic rings. The zero-order valence-corrected chi connectivity index (χ0v) is 10.9. The molecule has 0 amide bonds. The van der Waals surface area contributed by atoms with Crippen LogP contribution in [0.1, 0.15) is 18.1 Å². The predicted molar refractivity (Wildman–Crippen MR) is 75.1 cm³/mol. The molecule has 2 aliphatic heterocycles. The van der Waals surface area contributed by atoms with Gasteiger partial charge in [0.2, 0.25) is 0 Å². The molecule has 1 aromatic carbocycles. The van der Waals surface area contributed by atoms with E-state index in [1.165, 1.54) is 16.8 Å². The number of allylic oxidation sites excluding steroid dienone is 5. The summed E-state index contributed by atoms with van der Waals surface area (Å²) in [5.74, 6) is 0.358. The third-order valence-electron chi connectivity index (χ3n) is 4.80. The van der Waals surface area contributed by atoms with Gasteiger partial charge in [0.05, 0.1) is 0 Å². The summed E-state index contributed by atoms with van der Waals surface area (Å²) in [5, 5.41) is 3.52. The minimum absolute atomic E-state index is 0.0557. The molecule has 1 nitrogen and oxygen atoms in total. The van der Waals surface area contributed by atoms with Gasteiger partial charge in [-0.1, -0.05) is 43.3 Å². The van der Waals surface area contributed by atoms with Gasteiger partial charge >= 0.3 is 0 Å². The monoisotopic (exact) mass is 253 g/mol. The Hall–Kier alpha value is -1.83. The zero-order valence-electron chi connectivity index (χ0n) is 10.9. The van der Waals surface area contributed by atoms with E-state index < -0.39 is 0 Å². The summed E-state index contributed by atoms with van der Waals surface area (Å²) in [4.78, 5) is 0. The van der Waals surface area contributed by atoms with E-state index in [1.54, 1.807) is 12.2 Å². The molecule has 0 fully saturated rings. The molecule has 0 aromatic heterocycles. The molecule has 3 unspecified atom stereocenters. The Morgan fingerprint density at radius 1 is 1.26 bits per heavy atom. The minimum atomic E-state index is -0.108. The molecule has 0 radical (unpaired) electrons. The van der Waals surface area contributed by atoms with Crippen LogP contribution in [0, 0.1) is 11.8 Å². The van der Waals surface area contributed by atoms with Crippen molar-refractivity contribution in [3.8, 4) is 0 Å². The van der Waals surface area contributed by atoms with Crippen molar-refractivity contribution in [2.24, 2.45) is 11.8 Å². The normalized spacial score (nSPS) is 34.6. The lowest BCUT2D eigenvalue weighted by Crippen LogP contribution is -2.44. The summed E-state index contributed by atoms with van der Waals surface area (Å²) in [6.07, 6.45) is 7.64. The first-order valence-corrected chi connectivity index (χ1v) is 6.79. The number of hydrogen-bond acceptors (Lipinski definition) is 1. The molecule has 2 bridgehead atoms. The van der Waals surface area contributed by atoms with Crippen molar-refractivity contribution in [3.05, 3.63) is 65.5 Å². The molecule has 5 rings (SSSR count). The average Bonchev–Trinajstić information content (AvgIpc) is 2.63. The summed E-state index contributed by atoms with van der Waals surface area (Å²) in [5.41, 5.74) is 3.75. The van der Waals surface area contributed by atoms with Gasteiger partial charge in [0.1, 0.15) is 5.83 Å². The van der Waals surface area contributed by atoms with Gasteiger partial charge in [-0.3, -0.25) is 0 Å². The van der Waals surface area contributed by atoms with Gasteiger partial charge in [0.25, 0.3) is 0 Å². The van der Waals surface area contributed by atoms with Crippen LogP contribution in [0.2, 0.25) is 0 Å². The van der Waals surface area contributed by atoms with E-state index in [0.717, 1.165) is 6.54 Å². The van der Waals surface area contributed by atoms with Gasteiger partial charge in [0.15, 0.2) is 0 Å². The molecule has 2 heteroatoms. The highest BCUT2D eigenvalue weighted by Gasteiger charge is 2.45. The number of nitrogens with one attached hydrogen (secondary N) is 1. The van der Waals surface area contributed by atoms with Crippen molar-refractivity contribution in [1.29, 1.82) is 0 Å². The maximum Gasteiger partial charge on any atom is 0.119 e. The SMILES string of the molecule is CC12CNC(=CC3C=CC(F)=CC31)c1ccccc12. The smallest absolute Gasteiger partial charge is 0.119 e. The summed E-state index contributed by atoms with van der Waals surface area (Å²) < 4.78 is 13.7. The van der Waals surface area contributed by atoms with Crippen LogP contribution in [0.5, 0.6) is 0 Å². The quantitative estimate of drug-likeness (QED) is 0.745. The topological polar surface area (TPSA) is 12.0 Å². The first-order valence-electron chi connectivity index (χ1n) is 6.79. The Kier molecular flexibility index (Phi) is 2.09. The standard InChI is InChI=1S/C17H16FN/c1-17-10-19-16(13-4-2-3-5-14(13)17)8-11-6-7-12(18)9-15(11)17/h2-9,11,15,19H,10H2,1H3. The summed E-state index contributed by atoms with van der Waals surface area (Å²) in [6, 6.07) is 8.50. The second-order valence-electron chi connectivity index (χ2n) is 5.91. The lowest BCUT2D eigenvalue weighted by Gasteiger charge is -2.41. The van der Waals surface area contributed by atoms with Crippen LogP contribution in [0.25, 0.3) is 5.70 Å². The highest BCUT2D eigenvalue weighted by atomic mass is 19.1. The molecule has 2 aliphatic carbocycles. The third-order valence-corrected chi connectivity index (χ3v) is 4.80. The van der Waals surface area contributed by atoms with E-state index >= 15 is 0 Å². The molecule has 3 atom stereocenters. The van der Waals surface area contributed by atoms with Crippen molar-refractivity contribution in [2.45, 2.75) is 12.3 Å². The van der Waals surface area contributed by atoms with Crippen LogP contribution in [-0.4, -0.2) is 6.54 Å². The molecule has 0 spiro atoms. The maximum atomic E-state index is 13.7. The van der Waals surface area contributed by atoms with Gasteiger partial charge in [-0.2, -0.15) is 0 Å².